The Bertz CT molecular complexity index is 1110. The molecule has 0 N–H and O–H groups in total. The third kappa shape index (κ3) is 5.51. The number of methoxy groups -OCH3 is 2. The molecule has 0 radical (unpaired) electrons. The number of carbonyl (C=O) groups is 1. The van der Waals surface area contributed by atoms with Crippen LogP contribution in [-0.2, 0) is 13.0 Å². The molecule has 0 bridgehead atoms. The predicted octanol–water partition coefficient (Wildman–Crippen LogP) is 4.16. The van der Waals surface area contributed by atoms with Crippen molar-refractivity contribution < 1.29 is 18.7 Å². The van der Waals surface area contributed by atoms with E-state index >= 15 is 0 Å². The zero-order chi connectivity index (χ0) is 23.4. The van der Waals surface area contributed by atoms with Crippen LogP contribution in [0.2, 0.25) is 0 Å². The summed E-state index contributed by atoms with van der Waals surface area (Å²) in [5, 5.41) is 0.867. The van der Waals surface area contributed by atoms with E-state index in [4.69, 9.17) is 9.47 Å². The highest BCUT2D eigenvalue weighted by Crippen LogP contribution is 2.27. The first kappa shape index (κ1) is 23.2. The molecule has 0 saturated carbocycles. The molecule has 33 heavy (non-hydrogen) atoms. The number of piperazine rings is 1. The second-order valence-corrected chi connectivity index (χ2v) is 9.16. The minimum Gasteiger partial charge on any atom is -0.497 e. The van der Waals surface area contributed by atoms with Crippen molar-refractivity contribution in [3.8, 4) is 11.5 Å². The van der Waals surface area contributed by atoms with Gasteiger partial charge < -0.3 is 14.4 Å². The highest BCUT2D eigenvalue weighted by molar-refractivity contribution is 7.13. The highest BCUT2D eigenvalue weighted by Gasteiger charge is 2.26. The topological polar surface area (TPSA) is 54.9 Å². The van der Waals surface area contributed by atoms with E-state index in [1.807, 2.05) is 30.0 Å². The quantitative estimate of drug-likeness (QED) is 0.520. The second-order valence-electron chi connectivity index (χ2n) is 8.07. The number of ether oxygens (including phenoxy) is 2. The van der Waals surface area contributed by atoms with Gasteiger partial charge in [0.15, 0.2) is 0 Å². The number of nitrogens with zero attached hydrogens (tertiary/aromatic N) is 3. The molecule has 3 aromatic rings. The van der Waals surface area contributed by atoms with E-state index in [1.54, 1.807) is 26.4 Å². The molecule has 1 aliphatic heterocycles. The summed E-state index contributed by atoms with van der Waals surface area (Å²) in [6.07, 6.45) is 0.592. The number of hydrogen-bond acceptors (Lipinski definition) is 6. The fraction of sp³-hybridized carbons (Fsp3) is 0.360. The first-order valence-electron chi connectivity index (χ1n) is 10.9. The van der Waals surface area contributed by atoms with E-state index in [0.29, 0.717) is 24.4 Å². The van der Waals surface area contributed by atoms with Gasteiger partial charge in [0.25, 0.3) is 5.91 Å². The third-order valence-corrected chi connectivity index (χ3v) is 6.99. The number of carbonyl (C=O) groups excluding carboxylic acids is 1. The smallest absolute Gasteiger partial charge is 0.265 e. The minimum absolute atomic E-state index is 0.0361. The van der Waals surface area contributed by atoms with Crippen molar-refractivity contribution >= 4 is 17.2 Å². The largest absolute Gasteiger partial charge is 0.497 e. The van der Waals surface area contributed by atoms with Crippen LogP contribution in [0.1, 0.15) is 31.5 Å². The summed E-state index contributed by atoms with van der Waals surface area (Å²) >= 11 is 1.43. The van der Waals surface area contributed by atoms with Gasteiger partial charge >= 0.3 is 0 Å². The molecule has 8 heteroatoms. The van der Waals surface area contributed by atoms with Crippen molar-refractivity contribution in [2.45, 2.75) is 19.9 Å². The van der Waals surface area contributed by atoms with Crippen LogP contribution in [-0.4, -0.2) is 61.1 Å². The molecule has 0 aliphatic carbocycles. The molecule has 1 aliphatic rings. The Balaban J connectivity index is 1.37. The Kier molecular flexibility index (Phi) is 7.25. The molecule has 0 atom stereocenters. The first-order chi connectivity index (χ1) is 16.0. The zero-order valence-corrected chi connectivity index (χ0v) is 20.0. The summed E-state index contributed by atoms with van der Waals surface area (Å²) in [5.41, 5.74) is 2.80. The summed E-state index contributed by atoms with van der Waals surface area (Å²) in [7, 11) is 3.33. The maximum absolute atomic E-state index is 13.2. The Morgan fingerprint density at radius 2 is 1.79 bits per heavy atom. The van der Waals surface area contributed by atoms with Crippen LogP contribution in [0.3, 0.4) is 0 Å². The monoisotopic (exact) mass is 469 g/mol. The Morgan fingerprint density at radius 3 is 2.45 bits per heavy atom. The van der Waals surface area contributed by atoms with Gasteiger partial charge in [-0.05, 0) is 42.8 Å². The van der Waals surface area contributed by atoms with Gasteiger partial charge in [0.2, 0.25) is 0 Å². The number of halogens is 1. The molecule has 0 spiro atoms. The number of hydrogen-bond donors (Lipinski definition) is 0. The Labute approximate surface area is 197 Å². The van der Waals surface area contributed by atoms with Crippen molar-refractivity contribution in [1.82, 2.24) is 14.8 Å². The van der Waals surface area contributed by atoms with Gasteiger partial charge in [-0.3, -0.25) is 9.69 Å². The number of amides is 1. The third-order valence-electron chi connectivity index (χ3n) is 5.84. The zero-order valence-electron chi connectivity index (χ0n) is 19.1. The van der Waals surface area contributed by atoms with E-state index < -0.39 is 0 Å². The molecular weight excluding hydrogens is 441 g/mol. The average Bonchev–Trinajstić information content (AvgIpc) is 3.20. The van der Waals surface area contributed by atoms with Crippen molar-refractivity contribution in [3.05, 3.63) is 75.0 Å². The second kappa shape index (κ2) is 10.3. The molecular formula is C25H28FN3O3S. The van der Waals surface area contributed by atoms with E-state index in [2.05, 4.69) is 9.88 Å². The van der Waals surface area contributed by atoms with Gasteiger partial charge in [0.05, 0.1) is 24.9 Å². The van der Waals surface area contributed by atoms with Gasteiger partial charge in [0.1, 0.15) is 22.2 Å². The summed E-state index contributed by atoms with van der Waals surface area (Å²) in [6.45, 7) is 5.51. The predicted molar refractivity (Wildman–Crippen MR) is 127 cm³/mol. The number of thiazole rings is 1. The standard InChI is InChI=1S/C25H28FN3O3S/c1-17-24(33-23(27-17)14-18-4-6-20(26)7-5-18)25(30)29-12-10-28(11-13-29)16-19-15-21(31-2)8-9-22(19)32-3/h4-9,15H,10-14,16H2,1-3H3. The number of benzene rings is 2. The van der Waals surface area contributed by atoms with Crippen molar-refractivity contribution in [3.63, 3.8) is 0 Å². The lowest BCUT2D eigenvalue weighted by atomic mass is 10.1. The molecule has 1 saturated heterocycles. The van der Waals surface area contributed by atoms with Crippen molar-refractivity contribution in [1.29, 1.82) is 0 Å². The number of aromatic nitrogens is 1. The van der Waals surface area contributed by atoms with Crippen LogP contribution >= 0.6 is 11.3 Å². The van der Waals surface area contributed by atoms with Gasteiger partial charge in [0, 0.05) is 44.7 Å². The first-order valence-corrected chi connectivity index (χ1v) is 11.7. The molecule has 1 amide bonds. The van der Waals surface area contributed by atoms with Gasteiger partial charge in [-0.2, -0.15) is 0 Å². The van der Waals surface area contributed by atoms with E-state index in [9.17, 15) is 9.18 Å². The van der Waals surface area contributed by atoms with E-state index in [-0.39, 0.29) is 11.7 Å². The Morgan fingerprint density at radius 1 is 1.06 bits per heavy atom. The highest BCUT2D eigenvalue weighted by atomic mass is 32.1. The molecule has 0 unspecified atom stereocenters. The molecule has 4 rings (SSSR count). The van der Waals surface area contributed by atoms with E-state index in [1.165, 1.54) is 23.5 Å². The SMILES string of the molecule is COc1ccc(OC)c(CN2CCN(C(=O)c3sc(Cc4ccc(F)cc4)nc3C)CC2)c1. The maximum atomic E-state index is 13.2. The Hall–Kier alpha value is -2.97. The van der Waals surface area contributed by atoms with Gasteiger partial charge in [-0.1, -0.05) is 12.1 Å². The van der Waals surface area contributed by atoms with Gasteiger partial charge in [-0.25, -0.2) is 9.37 Å². The molecule has 1 aromatic heterocycles. The van der Waals surface area contributed by atoms with Gasteiger partial charge in [-0.15, -0.1) is 11.3 Å². The lowest BCUT2D eigenvalue weighted by molar-refractivity contribution is 0.0631. The van der Waals surface area contributed by atoms with Crippen LogP contribution in [0.25, 0.3) is 0 Å². The van der Waals surface area contributed by atoms with Crippen molar-refractivity contribution in [2.24, 2.45) is 0 Å². The fourth-order valence-electron chi connectivity index (χ4n) is 4.00. The van der Waals surface area contributed by atoms with Crippen LogP contribution in [0, 0.1) is 12.7 Å². The number of rotatable bonds is 7. The van der Waals surface area contributed by atoms with E-state index in [0.717, 1.165) is 53.0 Å². The molecule has 174 valence electrons. The molecule has 6 nitrogen and oxygen atoms in total. The summed E-state index contributed by atoms with van der Waals surface area (Å²) < 4.78 is 24.0. The van der Waals surface area contributed by atoms with Crippen LogP contribution in [0.15, 0.2) is 42.5 Å². The van der Waals surface area contributed by atoms with Crippen molar-refractivity contribution in [2.75, 3.05) is 40.4 Å². The molecule has 2 aromatic carbocycles. The summed E-state index contributed by atoms with van der Waals surface area (Å²) in [5.74, 6) is 1.42. The molecule has 2 heterocycles. The lowest BCUT2D eigenvalue weighted by Crippen LogP contribution is -2.48. The van der Waals surface area contributed by atoms with Crippen LogP contribution in [0.4, 0.5) is 4.39 Å². The normalized spacial score (nSPS) is 14.4. The lowest BCUT2D eigenvalue weighted by Gasteiger charge is -2.34. The fourth-order valence-corrected chi connectivity index (χ4v) is 5.07. The minimum atomic E-state index is -0.256. The molecule has 1 fully saturated rings. The van der Waals surface area contributed by atoms with Crippen LogP contribution in [0.5, 0.6) is 11.5 Å². The summed E-state index contributed by atoms with van der Waals surface area (Å²) in [6, 6.07) is 12.2. The maximum Gasteiger partial charge on any atom is 0.265 e. The number of aryl methyl sites for hydroxylation is 1. The summed E-state index contributed by atoms with van der Waals surface area (Å²) in [4.78, 5) is 22.7. The average molecular weight is 470 g/mol. The van der Waals surface area contributed by atoms with Crippen LogP contribution < -0.4 is 9.47 Å².